The summed E-state index contributed by atoms with van der Waals surface area (Å²) in [5, 5.41) is 16.6. The number of nitriles is 1. The number of nitrogens with zero attached hydrogens (tertiary/aromatic N) is 3. The Morgan fingerprint density at radius 2 is 1.97 bits per heavy atom. The number of carbonyl (C=O) groups is 2. The maximum Gasteiger partial charge on any atom is 0.273 e. The summed E-state index contributed by atoms with van der Waals surface area (Å²) in [4.78, 5) is 25.4. The first kappa shape index (κ1) is 20.1. The molecule has 2 aromatic carbocycles. The Labute approximate surface area is 166 Å². The first-order valence-electron chi connectivity index (χ1n) is 8.95. The first-order chi connectivity index (χ1) is 13.8. The van der Waals surface area contributed by atoms with Crippen molar-refractivity contribution in [2.75, 3.05) is 10.3 Å². The summed E-state index contributed by atoms with van der Waals surface area (Å²) in [5.41, 5.74) is 1.11. The van der Waals surface area contributed by atoms with Gasteiger partial charge in [-0.1, -0.05) is 19.1 Å². The quantitative estimate of drug-likeness (QED) is 0.774. The van der Waals surface area contributed by atoms with Crippen molar-refractivity contribution >= 4 is 28.9 Å². The van der Waals surface area contributed by atoms with E-state index in [1.807, 2.05) is 6.07 Å². The van der Waals surface area contributed by atoms with E-state index in [0.717, 1.165) is 5.01 Å². The molecule has 0 saturated heterocycles. The molecule has 0 bridgehead atoms. The van der Waals surface area contributed by atoms with E-state index >= 15 is 0 Å². The van der Waals surface area contributed by atoms with Crippen LogP contribution in [0, 0.1) is 17.2 Å². The Morgan fingerprint density at radius 3 is 2.59 bits per heavy atom. The number of rotatable bonds is 5. The number of hydrogen-bond donors (Lipinski definition) is 1. The first-order valence-corrected chi connectivity index (χ1v) is 8.95. The van der Waals surface area contributed by atoms with Crippen LogP contribution in [-0.2, 0) is 15.5 Å². The number of anilines is 2. The van der Waals surface area contributed by atoms with Crippen molar-refractivity contribution in [2.24, 2.45) is 11.0 Å². The Bertz CT molecular complexity index is 1030. The highest BCUT2D eigenvalue weighted by Gasteiger charge is 2.40. The summed E-state index contributed by atoms with van der Waals surface area (Å²) in [6.45, 7) is 2.92. The van der Waals surface area contributed by atoms with Gasteiger partial charge in [-0.2, -0.15) is 15.4 Å². The molecule has 0 aliphatic carbocycles. The van der Waals surface area contributed by atoms with E-state index in [4.69, 9.17) is 5.26 Å². The van der Waals surface area contributed by atoms with Gasteiger partial charge in [-0.05, 0) is 43.3 Å². The Hall–Kier alpha value is -3.60. The average Bonchev–Trinajstić information content (AvgIpc) is 3.02. The van der Waals surface area contributed by atoms with E-state index in [0.29, 0.717) is 11.3 Å². The summed E-state index contributed by atoms with van der Waals surface area (Å²) in [6.07, 6.45) is -0.364. The van der Waals surface area contributed by atoms with Crippen molar-refractivity contribution in [2.45, 2.75) is 26.2 Å². The van der Waals surface area contributed by atoms with Crippen molar-refractivity contribution in [1.29, 1.82) is 5.26 Å². The molecular weight excluding hydrogens is 378 g/mol. The van der Waals surface area contributed by atoms with Gasteiger partial charge in [0, 0.05) is 17.7 Å². The fourth-order valence-corrected chi connectivity index (χ4v) is 2.97. The lowest BCUT2D eigenvalue weighted by Gasteiger charge is -2.17. The second kappa shape index (κ2) is 7.80. The van der Waals surface area contributed by atoms with Crippen LogP contribution < -0.4 is 10.3 Å². The molecule has 3 rings (SSSR count). The van der Waals surface area contributed by atoms with Crippen LogP contribution in [0.4, 0.5) is 20.2 Å². The van der Waals surface area contributed by atoms with Gasteiger partial charge < -0.3 is 5.32 Å². The van der Waals surface area contributed by atoms with E-state index < -0.39 is 23.7 Å². The predicted octanol–water partition coefficient (Wildman–Crippen LogP) is 4.04. The molecule has 8 heteroatoms. The van der Waals surface area contributed by atoms with Crippen LogP contribution in [0.2, 0.25) is 0 Å². The van der Waals surface area contributed by atoms with Crippen LogP contribution >= 0.6 is 0 Å². The normalized spacial score (nSPS) is 16.4. The van der Waals surface area contributed by atoms with Gasteiger partial charge in [0.05, 0.1) is 23.0 Å². The number of hydrazone groups is 1. The molecule has 0 aromatic heterocycles. The summed E-state index contributed by atoms with van der Waals surface area (Å²) in [7, 11) is 0. The summed E-state index contributed by atoms with van der Waals surface area (Å²) < 4.78 is 27.8. The number of nitrogens with one attached hydrogen (secondary N) is 1. The highest BCUT2D eigenvalue weighted by Crippen LogP contribution is 2.33. The summed E-state index contributed by atoms with van der Waals surface area (Å²) >= 11 is 0. The van der Waals surface area contributed by atoms with Gasteiger partial charge in [-0.15, -0.1) is 0 Å². The van der Waals surface area contributed by atoms with Gasteiger partial charge in [-0.3, -0.25) is 9.59 Å². The Kier molecular flexibility index (Phi) is 5.41. The molecule has 0 spiro atoms. The van der Waals surface area contributed by atoms with E-state index in [1.165, 1.54) is 31.2 Å². The minimum absolute atomic E-state index is 0.179. The molecule has 1 atom stereocenters. The lowest BCUT2D eigenvalue weighted by atomic mass is 10.0. The van der Waals surface area contributed by atoms with Crippen LogP contribution in [0.15, 0.2) is 53.6 Å². The molecule has 29 heavy (non-hydrogen) atoms. The van der Waals surface area contributed by atoms with E-state index in [2.05, 4.69) is 10.4 Å². The summed E-state index contributed by atoms with van der Waals surface area (Å²) in [5.74, 6) is -5.38. The average molecular weight is 396 g/mol. The maximum absolute atomic E-state index is 13.9. The number of hydrogen-bond acceptors (Lipinski definition) is 4. The smallest absolute Gasteiger partial charge is 0.273 e. The van der Waals surface area contributed by atoms with Gasteiger partial charge in [0.1, 0.15) is 0 Å². The van der Waals surface area contributed by atoms with E-state index in [-0.39, 0.29) is 23.4 Å². The second-order valence-corrected chi connectivity index (χ2v) is 6.61. The number of benzene rings is 2. The molecule has 6 nitrogen and oxygen atoms in total. The fraction of sp³-hybridized carbons (Fsp3) is 0.238. The van der Waals surface area contributed by atoms with Crippen LogP contribution in [0.5, 0.6) is 0 Å². The van der Waals surface area contributed by atoms with Crippen molar-refractivity contribution in [3.8, 4) is 6.07 Å². The largest absolute Gasteiger partial charge is 0.325 e. The molecular formula is C21H18F2N4O2. The molecule has 0 fully saturated rings. The number of carbonyl (C=O) groups excluding carboxylic acids is 2. The van der Waals surface area contributed by atoms with Gasteiger partial charge in [-0.25, -0.2) is 8.78 Å². The third-order valence-electron chi connectivity index (χ3n) is 4.63. The number of halogens is 2. The molecule has 1 aliphatic rings. The minimum atomic E-state index is -3.01. The van der Waals surface area contributed by atoms with Crippen molar-refractivity contribution in [3.63, 3.8) is 0 Å². The topological polar surface area (TPSA) is 85.6 Å². The van der Waals surface area contributed by atoms with Gasteiger partial charge in [0.15, 0.2) is 5.92 Å². The van der Waals surface area contributed by atoms with Gasteiger partial charge in [0.25, 0.3) is 11.8 Å². The molecule has 1 unspecified atom stereocenters. The molecule has 1 aliphatic heterocycles. The van der Waals surface area contributed by atoms with Crippen LogP contribution in [0.1, 0.15) is 31.4 Å². The van der Waals surface area contributed by atoms with Gasteiger partial charge >= 0.3 is 0 Å². The molecule has 1 heterocycles. The Morgan fingerprint density at radius 1 is 1.28 bits per heavy atom. The third-order valence-corrected chi connectivity index (χ3v) is 4.63. The molecule has 2 amide bonds. The zero-order valence-electron chi connectivity index (χ0n) is 15.8. The monoisotopic (exact) mass is 396 g/mol. The highest BCUT2D eigenvalue weighted by molar-refractivity contribution is 6.28. The zero-order valence-corrected chi connectivity index (χ0v) is 15.8. The second-order valence-electron chi connectivity index (χ2n) is 6.61. The predicted molar refractivity (Wildman–Crippen MR) is 104 cm³/mol. The minimum Gasteiger partial charge on any atom is -0.325 e. The highest BCUT2D eigenvalue weighted by atomic mass is 19.3. The van der Waals surface area contributed by atoms with Gasteiger partial charge in [0.2, 0.25) is 5.91 Å². The van der Waals surface area contributed by atoms with Crippen molar-refractivity contribution in [3.05, 3.63) is 59.7 Å². The fourth-order valence-electron chi connectivity index (χ4n) is 2.97. The molecule has 148 valence electrons. The van der Waals surface area contributed by atoms with Crippen LogP contribution in [0.25, 0.3) is 0 Å². The van der Waals surface area contributed by atoms with Crippen LogP contribution in [-0.4, -0.2) is 17.5 Å². The molecule has 0 saturated carbocycles. The lowest BCUT2D eigenvalue weighted by molar-refractivity contribution is -0.127. The van der Waals surface area contributed by atoms with Crippen LogP contribution in [0.3, 0.4) is 0 Å². The molecule has 1 N–H and O–H groups in total. The van der Waals surface area contributed by atoms with Crippen molar-refractivity contribution in [1.82, 2.24) is 0 Å². The maximum atomic E-state index is 13.9. The molecule has 2 aromatic rings. The zero-order chi connectivity index (χ0) is 21.2. The van der Waals surface area contributed by atoms with Crippen molar-refractivity contribution < 1.29 is 18.4 Å². The number of amides is 2. The SMILES string of the molecule is CCC(F)(F)c1cccc(NC(=O)C2C(=O)N(c3ccc(C#N)cc3)N=C2C)c1. The molecule has 0 radical (unpaired) electrons. The summed E-state index contributed by atoms with van der Waals surface area (Å²) in [6, 6.07) is 13.6. The van der Waals surface area contributed by atoms with E-state index in [1.54, 1.807) is 31.2 Å². The Balaban J connectivity index is 1.78. The van der Waals surface area contributed by atoms with E-state index in [9.17, 15) is 18.4 Å². The third kappa shape index (κ3) is 3.99. The lowest BCUT2D eigenvalue weighted by Crippen LogP contribution is -2.36. The number of alkyl halides is 2. The standard InChI is InChI=1S/C21H18F2N4O2/c1-3-21(22,23)15-5-4-6-16(11-15)25-19(28)18-13(2)26-27(20(18)29)17-9-7-14(12-24)8-10-17/h4-11,18H,3H2,1-2H3,(H,25,28).